The Morgan fingerprint density at radius 3 is 2.49 bits per heavy atom. The summed E-state index contributed by atoms with van der Waals surface area (Å²) in [4.78, 5) is 34.7. The van der Waals surface area contributed by atoms with Crippen LogP contribution < -0.4 is 15.5 Å². The van der Waals surface area contributed by atoms with Gasteiger partial charge in [-0.05, 0) is 42.5 Å². The number of β-amino-alcohol motifs (C(OH)–C–C–N with tert-alkyl or cyclic N) is 1. The lowest BCUT2D eigenvalue weighted by Gasteiger charge is -2.34. The van der Waals surface area contributed by atoms with Gasteiger partial charge in [-0.1, -0.05) is 29.8 Å². The summed E-state index contributed by atoms with van der Waals surface area (Å²) in [7, 11) is 0. The molecule has 12 heteroatoms. The molecule has 0 saturated carbocycles. The highest BCUT2D eigenvalue weighted by Gasteiger charge is 2.21. The normalized spacial score (nSPS) is 13.8. The average Bonchev–Trinajstić information content (AvgIpc) is 2.94. The number of aliphatic hydroxyl groups excluding tert-OH is 1. The van der Waals surface area contributed by atoms with Gasteiger partial charge in [0.15, 0.2) is 5.82 Å². The zero-order valence-corrected chi connectivity index (χ0v) is 21.6. The van der Waals surface area contributed by atoms with Crippen molar-refractivity contribution in [2.24, 2.45) is 0 Å². The summed E-state index contributed by atoms with van der Waals surface area (Å²) in [5.41, 5.74) is 1.48. The van der Waals surface area contributed by atoms with Crippen LogP contribution in [0, 0.1) is 5.82 Å². The molecule has 0 spiro atoms. The average molecular weight is 549 g/mol. The third kappa shape index (κ3) is 6.82. The second-order valence-electron chi connectivity index (χ2n) is 8.87. The van der Waals surface area contributed by atoms with E-state index in [1.807, 2.05) is 23.1 Å². The van der Waals surface area contributed by atoms with Gasteiger partial charge in [-0.25, -0.2) is 9.37 Å². The number of piperazine rings is 1. The number of carbonyl (C=O) groups excluding carboxylic acids is 1. The summed E-state index contributed by atoms with van der Waals surface area (Å²) in [6.07, 6.45) is 1.45. The van der Waals surface area contributed by atoms with E-state index in [1.54, 1.807) is 30.3 Å². The summed E-state index contributed by atoms with van der Waals surface area (Å²) in [5, 5.41) is 15.3. The Balaban J connectivity index is 1.38. The molecule has 200 valence electrons. The highest BCUT2D eigenvalue weighted by Crippen LogP contribution is 2.25. The first-order chi connectivity index (χ1) is 19.0. The fourth-order valence-electron chi connectivity index (χ4n) is 4.13. The molecule has 0 unspecified atom stereocenters. The van der Waals surface area contributed by atoms with Crippen LogP contribution in [0.1, 0.15) is 10.4 Å². The number of hydrogen-bond acceptors (Lipinski definition) is 9. The van der Waals surface area contributed by atoms with Gasteiger partial charge < -0.3 is 20.6 Å². The lowest BCUT2D eigenvalue weighted by Crippen LogP contribution is -2.47. The van der Waals surface area contributed by atoms with Gasteiger partial charge in [0, 0.05) is 55.2 Å². The van der Waals surface area contributed by atoms with Crippen LogP contribution in [0.2, 0.25) is 5.02 Å². The van der Waals surface area contributed by atoms with E-state index in [4.69, 9.17) is 11.6 Å². The van der Waals surface area contributed by atoms with Crippen LogP contribution in [0.5, 0.6) is 0 Å². The highest BCUT2D eigenvalue weighted by atomic mass is 35.5. The molecule has 0 bridgehead atoms. The van der Waals surface area contributed by atoms with Crippen molar-refractivity contribution >= 4 is 40.9 Å². The second-order valence-corrected chi connectivity index (χ2v) is 9.31. The Labute approximate surface area is 229 Å². The number of aromatic nitrogens is 4. The molecule has 0 atom stereocenters. The maximum absolute atomic E-state index is 14.1. The zero-order valence-electron chi connectivity index (χ0n) is 20.9. The molecule has 1 saturated heterocycles. The third-order valence-corrected chi connectivity index (χ3v) is 6.33. The molecule has 5 rings (SSSR count). The van der Waals surface area contributed by atoms with Gasteiger partial charge in [0.05, 0.1) is 12.2 Å². The standard InChI is InChI=1S/C27H26ClFN8O2/c28-20-14-19(15-21(29)16-20)24-33-26(35-27(34-24)37-10-8-36(9-11-37)12-13-38)32-23-7-6-18(17-30-23)25(39)31-22-4-2-1-3-5-22/h1-7,14-17,38H,8-13H2,(H,31,39)(H,30,32,33,34,35). The molecule has 3 N–H and O–H groups in total. The Morgan fingerprint density at radius 2 is 1.79 bits per heavy atom. The number of nitrogens with one attached hydrogen (secondary N) is 2. The second kappa shape index (κ2) is 12.1. The Kier molecular flexibility index (Phi) is 8.21. The number of anilines is 4. The summed E-state index contributed by atoms with van der Waals surface area (Å²) < 4.78 is 14.1. The highest BCUT2D eigenvalue weighted by molar-refractivity contribution is 6.30. The first kappa shape index (κ1) is 26.4. The topological polar surface area (TPSA) is 119 Å². The van der Waals surface area contributed by atoms with Gasteiger partial charge in [-0.15, -0.1) is 0 Å². The molecule has 2 aromatic heterocycles. The van der Waals surface area contributed by atoms with Crippen LogP contribution in [-0.4, -0.2) is 75.2 Å². The van der Waals surface area contributed by atoms with Crippen molar-refractivity contribution < 1.29 is 14.3 Å². The van der Waals surface area contributed by atoms with Crippen LogP contribution in [0.15, 0.2) is 66.9 Å². The van der Waals surface area contributed by atoms with Crippen molar-refractivity contribution in [3.63, 3.8) is 0 Å². The quantitative estimate of drug-likeness (QED) is 0.302. The summed E-state index contributed by atoms with van der Waals surface area (Å²) in [6.45, 7) is 3.49. The molecule has 1 aliphatic rings. The molecule has 39 heavy (non-hydrogen) atoms. The van der Waals surface area contributed by atoms with Crippen molar-refractivity contribution in [1.82, 2.24) is 24.8 Å². The Bertz CT molecular complexity index is 1410. The summed E-state index contributed by atoms with van der Waals surface area (Å²) in [5.74, 6) is 0.512. The van der Waals surface area contributed by atoms with Crippen LogP contribution in [0.3, 0.4) is 0 Å². The number of nitrogens with zero attached hydrogens (tertiary/aromatic N) is 6. The number of pyridine rings is 1. The minimum absolute atomic E-state index is 0.101. The predicted molar refractivity (Wildman–Crippen MR) is 148 cm³/mol. The maximum Gasteiger partial charge on any atom is 0.257 e. The van der Waals surface area contributed by atoms with E-state index in [0.717, 1.165) is 13.1 Å². The van der Waals surface area contributed by atoms with E-state index >= 15 is 0 Å². The monoisotopic (exact) mass is 548 g/mol. The van der Waals surface area contributed by atoms with E-state index in [0.29, 0.717) is 48.2 Å². The molecule has 10 nitrogen and oxygen atoms in total. The first-order valence-corrected chi connectivity index (χ1v) is 12.7. The van der Waals surface area contributed by atoms with Crippen LogP contribution in [0.4, 0.5) is 27.8 Å². The molecule has 2 aromatic carbocycles. The van der Waals surface area contributed by atoms with Crippen LogP contribution in [-0.2, 0) is 0 Å². The van der Waals surface area contributed by atoms with E-state index in [9.17, 15) is 14.3 Å². The molecular weight excluding hydrogens is 523 g/mol. The van der Waals surface area contributed by atoms with Gasteiger partial charge in [0.2, 0.25) is 11.9 Å². The van der Waals surface area contributed by atoms with Crippen LogP contribution in [0.25, 0.3) is 11.4 Å². The van der Waals surface area contributed by atoms with E-state index in [1.165, 1.54) is 18.3 Å². The van der Waals surface area contributed by atoms with Gasteiger partial charge in [-0.2, -0.15) is 15.0 Å². The van der Waals surface area contributed by atoms with Crippen molar-refractivity contribution in [3.8, 4) is 11.4 Å². The molecule has 1 amide bonds. The smallest absolute Gasteiger partial charge is 0.257 e. The summed E-state index contributed by atoms with van der Waals surface area (Å²) >= 11 is 6.09. The predicted octanol–water partition coefficient (Wildman–Crippen LogP) is 3.84. The Hall–Kier alpha value is -4.19. The number of halogens is 2. The molecule has 0 aliphatic carbocycles. The lowest BCUT2D eigenvalue weighted by molar-refractivity contribution is 0.102. The number of hydrogen-bond donors (Lipinski definition) is 3. The molecule has 0 radical (unpaired) electrons. The van der Waals surface area contributed by atoms with Gasteiger partial charge >= 0.3 is 0 Å². The van der Waals surface area contributed by atoms with Gasteiger partial charge in [0.25, 0.3) is 5.91 Å². The van der Waals surface area contributed by atoms with E-state index < -0.39 is 5.82 Å². The largest absolute Gasteiger partial charge is 0.395 e. The molecule has 1 aliphatic heterocycles. The maximum atomic E-state index is 14.1. The van der Waals surface area contributed by atoms with E-state index in [2.05, 4.69) is 35.5 Å². The minimum atomic E-state index is -0.502. The molecular formula is C27H26ClFN8O2. The number of para-hydroxylation sites is 1. The number of amides is 1. The van der Waals surface area contributed by atoms with Crippen molar-refractivity contribution in [1.29, 1.82) is 0 Å². The molecule has 4 aromatic rings. The number of aliphatic hydroxyl groups is 1. The van der Waals surface area contributed by atoms with Crippen LogP contribution >= 0.6 is 11.6 Å². The molecule has 3 heterocycles. The fourth-order valence-corrected chi connectivity index (χ4v) is 4.35. The lowest BCUT2D eigenvalue weighted by atomic mass is 10.2. The van der Waals surface area contributed by atoms with Gasteiger partial charge in [0.1, 0.15) is 11.6 Å². The number of benzene rings is 2. The summed E-state index contributed by atoms with van der Waals surface area (Å²) in [6, 6.07) is 16.6. The number of carbonyl (C=O) groups is 1. The SMILES string of the molecule is O=C(Nc1ccccc1)c1ccc(Nc2nc(-c3cc(F)cc(Cl)c3)nc(N3CCN(CCO)CC3)n2)nc1. The zero-order chi connectivity index (χ0) is 27.2. The van der Waals surface area contributed by atoms with Crippen molar-refractivity contribution in [2.45, 2.75) is 0 Å². The molecule has 1 fully saturated rings. The van der Waals surface area contributed by atoms with E-state index in [-0.39, 0.29) is 29.3 Å². The first-order valence-electron chi connectivity index (χ1n) is 12.4. The minimum Gasteiger partial charge on any atom is -0.395 e. The Morgan fingerprint density at radius 1 is 1.00 bits per heavy atom. The van der Waals surface area contributed by atoms with Gasteiger partial charge in [-0.3, -0.25) is 9.69 Å². The van der Waals surface area contributed by atoms with Crippen molar-refractivity contribution in [3.05, 3.63) is 83.3 Å². The van der Waals surface area contributed by atoms with Crippen molar-refractivity contribution in [2.75, 3.05) is 54.9 Å². The fraction of sp³-hybridized carbons (Fsp3) is 0.222. The third-order valence-electron chi connectivity index (χ3n) is 6.11. The number of rotatable bonds is 8.